The molecule has 0 radical (unpaired) electrons. The van der Waals surface area contributed by atoms with Gasteiger partial charge in [-0.2, -0.15) is 0 Å². The third-order valence-electron chi connectivity index (χ3n) is 8.21. The molecule has 0 bridgehead atoms. The summed E-state index contributed by atoms with van der Waals surface area (Å²) in [4.78, 5) is 22.3. The number of hydrogen-bond acceptors (Lipinski definition) is 6. The van der Waals surface area contributed by atoms with Crippen LogP contribution in [-0.2, 0) is 21.0 Å². The van der Waals surface area contributed by atoms with Crippen molar-refractivity contribution >= 4 is 26.6 Å². The van der Waals surface area contributed by atoms with Gasteiger partial charge in [0.25, 0.3) is 5.91 Å². The molecule has 3 aromatic carbocycles. The van der Waals surface area contributed by atoms with E-state index in [9.17, 15) is 13.2 Å². The standard InChI is InChI=1S/C32H33N3O4S/c1-39-28-21-24(22-40(37,38)29-11-5-7-25-8-6-16-33-30(25)29)12-13-27(28)31(36)35-19-17-34(18-20-35)23-32(14-15-32)26-9-3-2-4-10-26/h2-13,16,21H,14-15,17-20,22-23H2,1H3. The van der Waals surface area contributed by atoms with E-state index in [2.05, 4.69) is 40.2 Å². The van der Waals surface area contributed by atoms with Crippen LogP contribution in [0.5, 0.6) is 5.75 Å². The van der Waals surface area contributed by atoms with Gasteiger partial charge in [-0.3, -0.25) is 14.7 Å². The Hall–Kier alpha value is -3.75. The van der Waals surface area contributed by atoms with Crippen molar-refractivity contribution in [3.63, 3.8) is 0 Å². The molecule has 1 amide bonds. The molecule has 4 aromatic rings. The zero-order valence-electron chi connectivity index (χ0n) is 22.6. The summed E-state index contributed by atoms with van der Waals surface area (Å²) in [6.45, 7) is 3.99. The molecule has 2 heterocycles. The largest absolute Gasteiger partial charge is 0.496 e. The molecular formula is C32H33N3O4S. The molecule has 8 heteroatoms. The number of ether oxygens (including phenoxy) is 1. The number of para-hydroxylation sites is 1. The normalized spacial score (nSPS) is 17.1. The van der Waals surface area contributed by atoms with Crippen LogP contribution in [0, 0.1) is 0 Å². The molecule has 2 fully saturated rings. The van der Waals surface area contributed by atoms with Gasteiger partial charge in [-0.15, -0.1) is 0 Å². The van der Waals surface area contributed by atoms with Gasteiger partial charge in [0.15, 0.2) is 9.84 Å². The summed E-state index contributed by atoms with van der Waals surface area (Å²) in [6.07, 6.45) is 4.02. The fourth-order valence-electron chi connectivity index (χ4n) is 5.81. The smallest absolute Gasteiger partial charge is 0.257 e. The number of sulfone groups is 1. The molecule has 0 spiro atoms. The first-order valence-electron chi connectivity index (χ1n) is 13.7. The first-order valence-corrected chi connectivity index (χ1v) is 15.3. The zero-order chi connectivity index (χ0) is 27.7. The minimum atomic E-state index is -3.67. The van der Waals surface area contributed by atoms with E-state index >= 15 is 0 Å². The summed E-state index contributed by atoms with van der Waals surface area (Å²) >= 11 is 0. The monoisotopic (exact) mass is 555 g/mol. The van der Waals surface area contributed by atoms with E-state index in [1.54, 1.807) is 42.6 Å². The van der Waals surface area contributed by atoms with Crippen molar-refractivity contribution in [1.82, 2.24) is 14.8 Å². The van der Waals surface area contributed by atoms with E-state index in [4.69, 9.17) is 4.74 Å². The van der Waals surface area contributed by atoms with Crippen molar-refractivity contribution in [1.29, 1.82) is 0 Å². The molecule has 1 aromatic heterocycles. The van der Waals surface area contributed by atoms with Gasteiger partial charge < -0.3 is 9.64 Å². The number of pyridine rings is 1. The van der Waals surface area contributed by atoms with Crippen molar-refractivity contribution in [3.05, 3.63) is 102 Å². The second-order valence-corrected chi connectivity index (χ2v) is 12.8. The van der Waals surface area contributed by atoms with Gasteiger partial charge in [-0.05, 0) is 48.2 Å². The molecule has 0 N–H and O–H groups in total. The lowest BCUT2D eigenvalue weighted by molar-refractivity contribution is 0.0622. The van der Waals surface area contributed by atoms with Crippen LogP contribution in [0.4, 0.5) is 0 Å². The number of aromatic nitrogens is 1. The Balaban J connectivity index is 1.13. The Bertz CT molecular complexity index is 1640. The summed E-state index contributed by atoms with van der Waals surface area (Å²) in [5.74, 6) is 0.0839. The highest BCUT2D eigenvalue weighted by Crippen LogP contribution is 2.48. The van der Waals surface area contributed by atoms with E-state index in [0.717, 1.165) is 25.0 Å². The topological polar surface area (TPSA) is 79.8 Å². The molecule has 7 nitrogen and oxygen atoms in total. The Kier molecular flexibility index (Phi) is 7.06. The quantitative estimate of drug-likeness (QED) is 0.313. The molecule has 206 valence electrons. The van der Waals surface area contributed by atoms with Gasteiger partial charge >= 0.3 is 0 Å². The molecule has 40 heavy (non-hydrogen) atoms. The lowest BCUT2D eigenvalue weighted by Gasteiger charge is -2.37. The molecule has 6 rings (SSSR count). The fourth-order valence-corrected chi connectivity index (χ4v) is 7.34. The number of carbonyl (C=O) groups excluding carboxylic acids is 1. The predicted octanol–water partition coefficient (Wildman–Crippen LogP) is 4.71. The molecule has 1 saturated heterocycles. The van der Waals surface area contributed by atoms with Crippen molar-refractivity contribution in [3.8, 4) is 5.75 Å². The van der Waals surface area contributed by atoms with Crippen molar-refractivity contribution in [2.75, 3.05) is 39.8 Å². The first kappa shape index (κ1) is 26.5. The van der Waals surface area contributed by atoms with Crippen LogP contribution >= 0.6 is 0 Å². The number of hydrogen-bond donors (Lipinski definition) is 0. The van der Waals surface area contributed by atoms with Crippen LogP contribution in [-0.4, -0.2) is 68.9 Å². The van der Waals surface area contributed by atoms with Crippen LogP contribution in [0.15, 0.2) is 90.0 Å². The van der Waals surface area contributed by atoms with E-state index in [1.807, 2.05) is 17.0 Å². The van der Waals surface area contributed by atoms with E-state index in [1.165, 1.54) is 25.5 Å². The third kappa shape index (κ3) is 5.21. The number of methoxy groups -OCH3 is 1. The number of benzene rings is 3. The van der Waals surface area contributed by atoms with Crippen LogP contribution in [0.1, 0.15) is 34.3 Å². The summed E-state index contributed by atoms with van der Waals surface area (Å²) < 4.78 is 32.3. The van der Waals surface area contributed by atoms with Crippen molar-refractivity contribution < 1.29 is 17.9 Å². The van der Waals surface area contributed by atoms with Gasteiger partial charge in [0.05, 0.1) is 28.8 Å². The van der Waals surface area contributed by atoms with E-state index < -0.39 is 9.84 Å². The summed E-state index contributed by atoms with van der Waals surface area (Å²) in [5.41, 5.74) is 3.14. The van der Waals surface area contributed by atoms with Gasteiger partial charge in [-0.1, -0.05) is 54.6 Å². The number of piperazine rings is 1. The van der Waals surface area contributed by atoms with E-state index in [-0.39, 0.29) is 22.0 Å². The summed E-state index contributed by atoms with van der Waals surface area (Å²) in [6, 6.07) is 24.6. The Morgan fingerprint density at radius 2 is 1.68 bits per heavy atom. The van der Waals surface area contributed by atoms with Gasteiger partial charge in [0.1, 0.15) is 5.75 Å². The molecule has 0 unspecified atom stereocenters. The Morgan fingerprint density at radius 1 is 0.925 bits per heavy atom. The van der Waals surface area contributed by atoms with Gasteiger partial charge in [0, 0.05) is 49.7 Å². The van der Waals surface area contributed by atoms with Crippen LogP contribution in [0.2, 0.25) is 0 Å². The number of nitrogens with zero attached hydrogens (tertiary/aromatic N) is 3. The van der Waals surface area contributed by atoms with Gasteiger partial charge in [-0.25, -0.2) is 8.42 Å². The maximum atomic E-state index is 13.5. The minimum absolute atomic E-state index is 0.0895. The lowest BCUT2D eigenvalue weighted by atomic mass is 9.95. The van der Waals surface area contributed by atoms with Crippen molar-refractivity contribution in [2.45, 2.75) is 28.9 Å². The number of rotatable bonds is 8. The highest BCUT2D eigenvalue weighted by Gasteiger charge is 2.45. The molecule has 1 aliphatic carbocycles. The van der Waals surface area contributed by atoms with Crippen molar-refractivity contribution in [2.24, 2.45) is 0 Å². The number of fused-ring (bicyclic) bond motifs is 1. The second kappa shape index (κ2) is 10.7. The predicted molar refractivity (Wildman–Crippen MR) is 155 cm³/mol. The number of carbonyl (C=O) groups is 1. The molecule has 2 aliphatic rings. The third-order valence-corrected chi connectivity index (χ3v) is 9.92. The number of amides is 1. The average Bonchev–Trinajstić information content (AvgIpc) is 3.77. The molecular weight excluding hydrogens is 522 g/mol. The summed E-state index contributed by atoms with van der Waals surface area (Å²) in [7, 11) is -2.16. The molecule has 1 saturated carbocycles. The lowest BCUT2D eigenvalue weighted by Crippen LogP contribution is -2.50. The minimum Gasteiger partial charge on any atom is -0.496 e. The maximum absolute atomic E-state index is 13.5. The highest BCUT2D eigenvalue weighted by atomic mass is 32.2. The average molecular weight is 556 g/mol. The van der Waals surface area contributed by atoms with Crippen LogP contribution in [0.3, 0.4) is 0 Å². The van der Waals surface area contributed by atoms with Gasteiger partial charge in [0.2, 0.25) is 0 Å². The molecule has 1 aliphatic heterocycles. The Labute approximate surface area is 235 Å². The highest BCUT2D eigenvalue weighted by molar-refractivity contribution is 7.90. The zero-order valence-corrected chi connectivity index (χ0v) is 23.4. The SMILES string of the molecule is COc1cc(CS(=O)(=O)c2cccc3cccnc23)ccc1C(=O)N1CCN(CC2(c3ccccc3)CC2)CC1. The molecule has 0 atom stereocenters. The van der Waals surface area contributed by atoms with Crippen LogP contribution in [0.25, 0.3) is 10.9 Å². The summed E-state index contributed by atoms with van der Waals surface area (Å²) in [5, 5.41) is 0.773. The van der Waals surface area contributed by atoms with E-state index in [0.29, 0.717) is 35.5 Å². The first-order chi connectivity index (χ1) is 19.4. The second-order valence-electron chi connectivity index (χ2n) is 10.8. The fraction of sp³-hybridized carbons (Fsp3) is 0.312. The van der Waals surface area contributed by atoms with Crippen LogP contribution < -0.4 is 4.74 Å². The Morgan fingerprint density at radius 3 is 2.40 bits per heavy atom. The maximum Gasteiger partial charge on any atom is 0.257 e.